The summed E-state index contributed by atoms with van der Waals surface area (Å²) in [6.45, 7) is 4.12. The maximum Gasteiger partial charge on any atom is 0.190 e. The summed E-state index contributed by atoms with van der Waals surface area (Å²) >= 11 is 0. The molecule has 2 heterocycles. The Kier molecular flexibility index (Phi) is 4.94. The van der Waals surface area contributed by atoms with E-state index in [4.69, 9.17) is 18.9 Å². The van der Waals surface area contributed by atoms with Crippen LogP contribution in [-0.4, -0.2) is 60.4 Å². The second-order valence-electron chi connectivity index (χ2n) is 4.71. The van der Waals surface area contributed by atoms with Crippen LogP contribution in [0.1, 0.15) is 26.7 Å². The van der Waals surface area contributed by atoms with E-state index < -0.39 is 30.7 Å². The first kappa shape index (κ1) is 14.2. The second kappa shape index (κ2) is 6.27. The highest BCUT2D eigenvalue weighted by Gasteiger charge is 2.51. The van der Waals surface area contributed by atoms with Crippen molar-refractivity contribution in [3.63, 3.8) is 0 Å². The molecule has 0 bridgehead atoms. The zero-order valence-corrected chi connectivity index (χ0v) is 10.8. The molecule has 2 aliphatic rings. The van der Waals surface area contributed by atoms with Gasteiger partial charge in [-0.2, -0.15) is 0 Å². The summed E-state index contributed by atoms with van der Waals surface area (Å²) in [5.74, 6) is 0. The van der Waals surface area contributed by atoms with Gasteiger partial charge in [0.2, 0.25) is 0 Å². The monoisotopic (exact) mass is 262 g/mol. The van der Waals surface area contributed by atoms with Gasteiger partial charge < -0.3 is 29.2 Å². The summed E-state index contributed by atoms with van der Waals surface area (Å²) in [5.41, 5.74) is 0. The fraction of sp³-hybridized carbons (Fsp3) is 1.00. The molecule has 2 saturated heterocycles. The lowest BCUT2D eigenvalue weighted by Crippen LogP contribution is -2.58. The number of hydrogen-bond donors (Lipinski definition) is 2. The van der Waals surface area contributed by atoms with E-state index in [-0.39, 0.29) is 12.9 Å². The molecule has 2 aliphatic heterocycles. The summed E-state index contributed by atoms with van der Waals surface area (Å²) in [7, 11) is 0. The molecule has 0 aromatic carbocycles. The van der Waals surface area contributed by atoms with Crippen LogP contribution in [0, 0.1) is 0 Å². The first-order chi connectivity index (χ1) is 8.67. The molecule has 106 valence electrons. The molecule has 0 amide bonds. The van der Waals surface area contributed by atoms with Gasteiger partial charge in [0, 0.05) is 6.61 Å². The van der Waals surface area contributed by atoms with E-state index >= 15 is 0 Å². The van der Waals surface area contributed by atoms with Gasteiger partial charge in [0.05, 0.1) is 6.61 Å². The third-order valence-corrected chi connectivity index (χ3v) is 3.28. The maximum absolute atomic E-state index is 10.1. The lowest BCUT2D eigenvalue weighted by Gasteiger charge is -2.39. The first-order valence-electron chi connectivity index (χ1n) is 6.54. The molecule has 0 aromatic heterocycles. The number of fused-ring (bicyclic) bond motifs is 1. The molecule has 18 heavy (non-hydrogen) atoms. The summed E-state index contributed by atoms with van der Waals surface area (Å²) in [6.07, 6.45) is -1.57. The summed E-state index contributed by atoms with van der Waals surface area (Å²) < 4.78 is 22.1. The van der Waals surface area contributed by atoms with E-state index in [1.807, 2.05) is 0 Å². The molecule has 6 nitrogen and oxygen atoms in total. The molecule has 2 fully saturated rings. The third kappa shape index (κ3) is 2.84. The maximum atomic E-state index is 10.1. The van der Waals surface area contributed by atoms with Crippen molar-refractivity contribution < 1.29 is 29.2 Å². The highest BCUT2D eigenvalue weighted by Crippen LogP contribution is 2.32. The van der Waals surface area contributed by atoms with Gasteiger partial charge in [0.25, 0.3) is 0 Å². The zero-order chi connectivity index (χ0) is 13.1. The van der Waals surface area contributed by atoms with E-state index in [1.165, 1.54) is 0 Å². The number of rotatable bonds is 5. The van der Waals surface area contributed by atoms with Gasteiger partial charge in [-0.15, -0.1) is 0 Å². The van der Waals surface area contributed by atoms with E-state index in [0.29, 0.717) is 6.61 Å². The number of aliphatic hydroxyl groups excluding tert-OH is 2. The average molecular weight is 262 g/mol. The lowest BCUT2D eigenvalue weighted by atomic mass is 9.99. The Bertz CT molecular complexity index is 261. The Morgan fingerprint density at radius 3 is 2.67 bits per heavy atom. The SMILES string of the molecule is CCCCO[C@@H]1C2OC(C)O[C@H]2OC(CO)[C@H]1O. The van der Waals surface area contributed by atoms with Gasteiger partial charge in [-0.05, 0) is 13.3 Å². The molecule has 2 N–H and O–H groups in total. The van der Waals surface area contributed by atoms with Crippen LogP contribution in [0.15, 0.2) is 0 Å². The molecule has 3 unspecified atom stereocenters. The fourth-order valence-electron chi connectivity index (χ4n) is 2.29. The minimum Gasteiger partial charge on any atom is -0.394 e. The number of aliphatic hydroxyl groups is 2. The van der Waals surface area contributed by atoms with Crippen molar-refractivity contribution in [2.24, 2.45) is 0 Å². The molecular formula is C12H22O6. The summed E-state index contributed by atoms with van der Waals surface area (Å²) in [4.78, 5) is 0. The number of hydrogen-bond acceptors (Lipinski definition) is 6. The Labute approximate surface area is 107 Å². The molecular weight excluding hydrogens is 240 g/mol. The smallest absolute Gasteiger partial charge is 0.190 e. The highest BCUT2D eigenvalue weighted by molar-refractivity contribution is 4.93. The Balaban J connectivity index is 2.01. The van der Waals surface area contributed by atoms with E-state index in [2.05, 4.69) is 6.92 Å². The van der Waals surface area contributed by atoms with Crippen LogP contribution in [0.4, 0.5) is 0 Å². The van der Waals surface area contributed by atoms with Crippen molar-refractivity contribution in [2.45, 2.75) is 63.7 Å². The first-order valence-corrected chi connectivity index (χ1v) is 6.54. The van der Waals surface area contributed by atoms with Gasteiger partial charge in [0.1, 0.15) is 24.4 Å². The second-order valence-corrected chi connectivity index (χ2v) is 4.71. The molecule has 0 radical (unpaired) electrons. The minimum absolute atomic E-state index is 0.268. The van der Waals surface area contributed by atoms with Crippen LogP contribution in [-0.2, 0) is 18.9 Å². The summed E-state index contributed by atoms with van der Waals surface area (Å²) in [5, 5.41) is 19.3. The molecule has 0 saturated carbocycles. The van der Waals surface area contributed by atoms with Gasteiger partial charge in [-0.25, -0.2) is 0 Å². The van der Waals surface area contributed by atoms with E-state index in [9.17, 15) is 10.2 Å². The van der Waals surface area contributed by atoms with Crippen LogP contribution >= 0.6 is 0 Å². The van der Waals surface area contributed by atoms with Crippen molar-refractivity contribution in [3.05, 3.63) is 0 Å². The molecule has 2 rings (SSSR count). The molecule has 6 atom stereocenters. The Morgan fingerprint density at radius 1 is 1.22 bits per heavy atom. The van der Waals surface area contributed by atoms with Crippen LogP contribution in [0.2, 0.25) is 0 Å². The van der Waals surface area contributed by atoms with Crippen LogP contribution in [0.3, 0.4) is 0 Å². The highest BCUT2D eigenvalue weighted by atomic mass is 16.8. The lowest BCUT2D eigenvalue weighted by molar-refractivity contribution is -0.261. The minimum atomic E-state index is -0.901. The van der Waals surface area contributed by atoms with E-state index in [0.717, 1.165) is 12.8 Å². The summed E-state index contributed by atoms with van der Waals surface area (Å²) in [6, 6.07) is 0. The Hall–Kier alpha value is -0.240. The number of unbranched alkanes of at least 4 members (excludes halogenated alkanes) is 1. The molecule has 0 aromatic rings. The van der Waals surface area contributed by atoms with Gasteiger partial charge in [0.15, 0.2) is 12.6 Å². The molecule has 0 spiro atoms. The van der Waals surface area contributed by atoms with Crippen molar-refractivity contribution >= 4 is 0 Å². The molecule has 0 aliphatic carbocycles. The molecule has 6 heteroatoms. The van der Waals surface area contributed by atoms with Gasteiger partial charge in [-0.3, -0.25) is 0 Å². The predicted molar refractivity (Wildman–Crippen MR) is 61.8 cm³/mol. The van der Waals surface area contributed by atoms with Gasteiger partial charge >= 0.3 is 0 Å². The van der Waals surface area contributed by atoms with Crippen LogP contribution in [0.25, 0.3) is 0 Å². The van der Waals surface area contributed by atoms with Crippen molar-refractivity contribution in [1.82, 2.24) is 0 Å². The average Bonchev–Trinajstić information content (AvgIpc) is 2.72. The number of ether oxygens (including phenoxy) is 4. The normalized spacial score (nSPS) is 44.0. The third-order valence-electron chi connectivity index (χ3n) is 3.28. The quantitative estimate of drug-likeness (QED) is 0.680. The van der Waals surface area contributed by atoms with Gasteiger partial charge in [-0.1, -0.05) is 13.3 Å². The Morgan fingerprint density at radius 2 is 2.00 bits per heavy atom. The fourth-order valence-corrected chi connectivity index (χ4v) is 2.29. The predicted octanol–water partition coefficient (Wildman–Crippen LogP) is 0.0112. The largest absolute Gasteiger partial charge is 0.394 e. The zero-order valence-electron chi connectivity index (χ0n) is 10.8. The standard InChI is InChI=1S/C12H22O6/c1-3-4-5-15-10-9(14)8(6-13)18-12-11(10)16-7(2)17-12/h7-14H,3-6H2,1-2H3/t7?,8?,9-,10+,11?,12+/m1/s1. The van der Waals surface area contributed by atoms with Crippen molar-refractivity contribution in [2.75, 3.05) is 13.2 Å². The van der Waals surface area contributed by atoms with Crippen LogP contribution in [0.5, 0.6) is 0 Å². The van der Waals surface area contributed by atoms with Crippen molar-refractivity contribution in [3.8, 4) is 0 Å². The van der Waals surface area contributed by atoms with Crippen LogP contribution < -0.4 is 0 Å². The van der Waals surface area contributed by atoms with E-state index in [1.54, 1.807) is 6.92 Å². The topological polar surface area (TPSA) is 77.4 Å². The van der Waals surface area contributed by atoms with Crippen molar-refractivity contribution in [1.29, 1.82) is 0 Å².